The Balaban J connectivity index is 1.42. The van der Waals surface area contributed by atoms with Gasteiger partial charge in [0.25, 0.3) is 0 Å². The van der Waals surface area contributed by atoms with Gasteiger partial charge < -0.3 is 5.32 Å². The smallest absolute Gasteiger partial charge is 0.232 e. The molecular weight excluding hydrogens is 386 g/mol. The van der Waals surface area contributed by atoms with Crippen molar-refractivity contribution in [3.63, 3.8) is 0 Å². The summed E-state index contributed by atoms with van der Waals surface area (Å²) in [6.45, 7) is 8.35. The molecule has 0 radical (unpaired) electrons. The highest BCUT2D eigenvalue weighted by Crippen LogP contribution is 2.39. The van der Waals surface area contributed by atoms with E-state index in [2.05, 4.69) is 38.1 Å². The number of rotatable bonds is 7. The van der Waals surface area contributed by atoms with Crippen LogP contribution in [0.5, 0.6) is 0 Å². The third kappa shape index (κ3) is 4.60. The molecule has 0 spiro atoms. The molecule has 4 rings (SSSR count). The van der Waals surface area contributed by atoms with E-state index in [1.807, 2.05) is 25.1 Å². The second kappa shape index (κ2) is 8.51. The Hall–Kier alpha value is -2.44. The van der Waals surface area contributed by atoms with Crippen molar-refractivity contribution >= 4 is 28.9 Å². The number of aromatic amines is 1. The second-order valence-electron chi connectivity index (χ2n) is 7.82. The lowest BCUT2D eigenvalue weighted by molar-refractivity contribution is -0.117. The Labute approximate surface area is 176 Å². The van der Waals surface area contributed by atoms with Crippen LogP contribution in [0.25, 0.3) is 5.57 Å². The number of carbonyl (C=O) groups excluding carboxylic acids is 1. The van der Waals surface area contributed by atoms with Crippen molar-refractivity contribution in [1.82, 2.24) is 20.1 Å². The van der Waals surface area contributed by atoms with E-state index in [-0.39, 0.29) is 11.8 Å². The molecule has 0 saturated heterocycles. The van der Waals surface area contributed by atoms with Gasteiger partial charge in [-0.2, -0.15) is 5.10 Å². The standard InChI is InChI=1S/C22H26ClN5O/c1-3-8-28-9-6-16(7-10-28)21-18(23)11-17(13-24-21)14(2)22(29)25-20-12-19(26-27-20)15-4-5-15/h3,6,11-15H,1,4-5,7-10H2,2H3,(H2,25,26,27,29). The predicted molar refractivity (Wildman–Crippen MR) is 116 cm³/mol. The normalized spacial score (nSPS) is 18.2. The topological polar surface area (TPSA) is 73.9 Å². The van der Waals surface area contributed by atoms with Crippen molar-refractivity contribution in [2.45, 2.75) is 38.0 Å². The fraction of sp³-hybridized carbons (Fsp3) is 0.409. The number of halogens is 1. The van der Waals surface area contributed by atoms with E-state index >= 15 is 0 Å². The van der Waals surface area contributed by atoms with Crippen LogP contribution in [0, 0.1) is 0 Å². The van der Waals surface area contributed by atoms with Crippen molar-refractivity contribution in [2.75, 3.05) is 25.0 Å². The number of nitrogens with one attached hydrogen (secondary N) is 2. The third-order valence-corrected chi connectivity index (χ3v) is 5.89. The van der Waals surface area contributed by atoms with Gasteiger partial charge in [-0.25, -0.2) is 0 Å². The van der Waals surface area contributed by atoms with Crippen molar-refractivity contribution in [1.29, 1.82) is 0 Å². The summed E-state index contributed by atoms with van der Waals surface area (Å²) in [5, 5.41) is 10.7. The molecule has 0 aromatic carbocycles. The molecule has 1 atom stereocenters. The number of amides is 1. The maximum absolute atomic E-state index is 12.6. The van der Waals surface area contributed by atoms with Crippen LogP contribution in [-0.4, -0.2) is 45.6 Å². The van der Waals surface area contributed by atoms with E-state index in [0.29, 0.717) is 16.8 Å². The number of aromatic nitrogens is 3. The first kappa shape index (κ1) is 19.9. The van der Waals surface area contributed by atoms with Gasteiger partial charge in [-0.05, 0) is 43.4 Å². The molecular formula is C22H26ClN5O. The molecule has 1 unspecified atom stereocenters. The zero-order chi connectivity index (χ0) is 20.4. The number of anilines is 1. The monoisotopic (exact) mass is 411 g/mol. The second-order valence-corrected chi connectivity index (χ2v) is 8.23. The maximum Gasteiger partial charge on any atom is 0.232 e. The molecule has 3 heterocycles. The molecule has 152 valence electrons. The van der Waals surface area contributed by atoms with Gasteiger partial charge in [-0.3, -0.25) is 19.8 Å². The Bertz CT molecular complexity index is 946. The Morgan fingerprint density at radius 2 is 2.31 bits per heavy atom. The van der Waals surface area contributed by atoms with Crippen LogP contribution >= 0.6 is 11.6 Å². The molecule has 1 amide bonds. The molecule has 29 heavy (non-hydrogen) atoms. The van der Waals surface area contributed by atoms with Gasteiger partial charge in [0.2, 0.25) is 5.91 Å². The van der Waals surface area contributed by atoms with Crippen LogP contribution < -0.4 is 5.32 Å². The lowest BCUT2D eigenvalue weighted by atomic mass is 9.99. The largest absolute Gasteiger partial charge is 0.309 e. The van der Waals surface area contributed by atoms with Crippen molar-refractivity contribution in [3.05, 3.63) is 59.0 Å². The fourth-order valence-electron chi connectivity index (χ4n) is 3.59. The molecule has 0 bridgehead atoms. The van der Waals surface area contributed by atoms with E-state index in [9.17, 15) is 4.79 Å². The Kier molecular flexibility index (Phi) is 5.83. The quantitative estimate of drug-likeness (QED) is 0.664. The highest BCUT2D eigenvalue weighted by atomic mass is 35.5. The maximum atomic E-state index is 12.6. The molecule has 1 saturated carbocycles. The van der Waals surface area contributed by atoms with Gasteiger partial charge in [-0.15, -0.1) is 6.58 Å². The van der Waals surface area contributed by atoms with Crippen molar-refractivity contribution in [2.24, 2.45) is 0 Å². The first-order chi connectivity index (χ1) is 14.0. The lowest BCUT2D eigenvalue weighted by Gasteiger charge is -2.25. The van der Waals surface area contributed by atoms with E-state index in [1.54, 1.807) is 6.20 Å². The van der Waals surface area contributed by atoms with Crippen LogP contribution in [0.15, 0.2) is 37.1 Å². The van der Waals surface area contributed by atoms with Crippen LogP contribution in [0.3, 0.4) is 0 Å². The summed E-state index contributed by atoms with van der Waals surface area (Å²) >= 11 is 6.53. The minimum atomic E-state index is -0.376. The van der Waals surface area contributed by atoms with E-state index in [4.69, 9.17) is 11.6 Å². The van der Waals surface area contributed by atoms with Crippen LogP contribution in [0.4, 0.5) is 5.82 Å². The zero-order valence-corrected chi connectivity index (χ0v) is 17.4. The van der Waals surface area contributed by atoms with Crippen LogP contribution in [-0.2, 0) is 4.79 Å². The predicted octanol–water partition coefficient (Wildman–Crippen LogP) is 4.35. The van der Waals surface area contributed by atoms with Crippen LogP contribution in [0.2, 0.25) is 5.02 Å². The Morgan fingerprint density at radius 3 is 2.97 bits per heavy atom. The van der Waals surface area contributed by atoms with Crippen LogP contribution in [0.1, 0.15) is 55.0 Å². The van der Waals surface area contributed by atoms with Gasteiger partial charge >= 0.3 is 0 Å². The molecule has 1 aliphatic heterocycles. The highest BCUT2D eigenvalue weighted by Gasteiger charge is 2.26. The average molecular weight is 412 g/mol. The molecule has 2 aromatic rings. The van der Waals surface area contributed by atoms with Gasteiger partial charge in [0.05, 0.1) is 16.6 Å². The Morgan fingerprint density at radius 1 is 1.48 bits per heavy atom. The summed E-state index contributed by atoms with van der Waals surface area (Å²) in [5.41, 5.74) is 3.85. The number of carbonyl (C=O) groups is 1. The lowest BCUT2D eigenvalue weighted by Crippen LogP contribution is -2.28. The van der Waals surface area contributed by atoms with Gasteiger partial charge in [0, 0.05) is 43.5 Å². The third-order valence-electron chi connectivity index (χ3n) is 5.61. The van der Waals surface area contributed by atoms with Gasteiger partial charge in [0.15, 0.2) is 5.82 Å². The number of H-pyrrole nitrogens is 1. The molecule has 2 aliphatic rings. The van der Waals surface area contributed by atoms with E-state index in [0.717, 1.165) is 48.6 Å². The summed E-state index contributed by atoms with van der Waals surface area (Å²) in [6, 6.07) is 3.77. The SMILES string of the molecule is C=CCN1CC=C(c2ncc(C(C)C(=O)Nc3cc(C4CC4)[nH]n3)cc2Cl)CC1. The van der Waals surface area contributed by atoms with Crippen molar-refractivity contribution in [3.8, 4) is 0 Å². The number of pyridine rings is 1. The first-order valence-electron chi connectivity index (χ1n) is 10.1. The fourth-order valence-corrected chi connectivity index (χ4v) is 3.89. The first-order valence-corrected chi connectivity index (χ1v) is 10.5. The van der Waals surface area contributed by atoms with Crippen molar-refractivity contribution < 1.29 is 4.79 Å². The minimum Gasteiger partial charge on any atom is -0.309 e. The molecule has 2 N–H and O–H groups in total. The summed E-state index contributed by atoms with van der Waals surface area (Å²) in [4.78, 5) is 19.5. The number of nitrogens with zero attached hydrogens (tertiary/aromatic N) is 3. The minimum absolute atomic E-state index is 0.124. The summed E-state index contributed by atoms with van der Waals surface area (Å²) in [5.74, 6) is 0.634. The van der Waals surface area contributed by atoms with Gasteiger partial charge in [-0.1, -0.05) is 23.8 Å². The van der Waals surface area contributed by atoms with E-state index < -0.39 is 0 Å². The summed E-state index contributed by atoms with van der Waals surface area (Å²) in [7, 11) is 0. The zero-order valence-electron chi connectivity index (χ0n) is 16.6. The molecule has 7 heteroatoms. The molecule has 6 nitrogen and oxygen atoms in total. The number of hydrogen-bond acceptors (Lipinski definition) is 4. The van der Waals surface area contributed by atoms with E-state index in [1.165, 1.54) is 12.8 Å². The molecule has 1 aliphatic carbocycles. The molecule has 1 fully saturated rings. The summed E-state index contributed by atoms with van der Waals surface area (Å²) in [6.07, 6.45) is 9.12. The van der Waals surface area contributed by atoms with Gasteiger partial charge in [0.1, 0.15) is 0 Å². The highest BCUT2D eigenvalue weighted by molar-refractivity contribution is 6.32. The molecule has 2 aromatic heterocycles. The summed E-state index contributed by atoms with van der Waals surface area (Å²) < 4.78 is 0. The average Bonchev–Trinajstić information content (AvgIpc) is 3.47. The number of hydrogen-bond donors (Lipinski definition) is 2.